The van der Waals surface area contributed by atoms with E-state index in [2.05, 4.69) is 81.9 Å². The number of hydrogen-bond acceptors (Lipinski definition) is 0. The Labute approximate surface area is 107 Å². The molecule has 0 heterocycles. The van der Waals surface area contributed by atoms with Gasteiger partial charge < -0.3 is 0 Å². The Balaban J connectivity index is 2.57. The highest BCUT2D eigenvalue weighted by Crippen LogP contribution is 2.48. The highest BCUT2D eigenvalue weighted by molar-refractivity contribution is 14.1. The molecule has 2 aliphatic carbocycles. The van der Waals surface area contributed by atoms with Crippen LogP contribution >= 0.6 is 38.5 Å². The third-order valence-corrected chi connectivity index (χ3v) is 5.23. The second-order valence-electron chi connectivity index (χ2n) is 3.63. The van der Waals surface area contributed by atoms with E-state index in [1.54, 1.807) is 0 Å². The summed E-state index contributed by atoms with van der Waals surface area (Å²) in [5.41, 5.74) is 1.63. The first-order chi connectivity index (χ1) is 6.70. The first-order valence-corrected chi connectivity index (χ1v) is 6.83. The van der Waals surface area contributed by atoms with E-state index in [1.165, 1.54) is 10.1 Å². The molecule has 0 spiro atoms. The summed E-state index contributed by atoms with van der Waals surface area (Å²) in [5, 5.41) is 0. The van der Waals surface area contributed by atoms with E-state index in [1.807, 2.05) is 0 Å². The quantitative estimate of drug-likeness (QED) is 0.474. The summed E-state index contributed by atoms with van der Waals surface area (Å²) in [6.45, 7) is 2.26. The molecule has 0 aromatic carbocycles. The Morgan fingerprint density at radius 1 is 1.43 bits per heavy atom. The molecule has 0 bridgehead atoms. The van der Waals surface area contributed by atoms with Gasteiger partial charge in [-0.05, 0) is 12.0 Å². The third-order valence-electron chi connectivity index (χ3n) is 3.02. The highest BCUT2D eigenvalue weighted by atomic mass is 127. The van der Waals surface area contributed by atoms with Gasteiger partial charge in [0.15, 0.2) is 0 Å². The van der Waals surface area contributed by atoms with Crippen LogP contribution in [0.15, 0.2) is 46.5 Å². The van der Waals surface area contributed by atoms with Crippen LogP contribution in [0.1, 0.15) is 13.3 Å². The summed E-state index contributed by atoms with van der Waals surface area (Å²) >= 11 is 6.16. The molecule has 0 fully saturated rings. The minimum Gasteiger partial charge on any atom is -0.0767 e. The fourth-order valence-electron chi connectivity index (χ4n) is 2.10. The molecular formula is C12H12BrI. The predicted octanol–water partition coefficient (Wildman–Crippen LogP) is 4.53. The lowest BCUT2D eigenvalue weighted by atomic mass is 9.70. The van der Waals surface area contributed by atoms with Crippen molar-refractivity contribution in [3.05, 3.63) is 46.5 Å². The third kappa shape index (κ3) is 1.47. The van der Waals surface area contributed by atoms with Crippen molar-refractivity contribution in [1.29, 1.82) is 0 Å². The Morgan fingerprint density at radius 2 is 2.21 bits per heavy atom. The lowest BCUT2D eigenvalue weighted by molar-refractivity contribution is 0.473. The molecule has 0 amide bonds. The molecule has 2 unspecified atom stereocenters. The van der Waals surface area contributed by atoms with Crippen LogP contribution in [0.25, 0.3) is 0 Å². The molecule has 0 radical (unpaired) electrons. The fraction of sp³-hybridized carbons (Fsp3) is 0.333. The van der Waals surface area contributed by atoms with Crippen LogP contribution in [-0.4, -0.2) is 3.92 Å². The van der Waals surface area contributed by atoms with Gasteiger partial charge in [-0.25, -0.2) is 0 Å². The minimum atomic E-state index is 0.211. The lowest BCUT2D eigenvalue weighted by Gasteiger charge is -2.39. The largest absolute Gasteiger partial charge is 0.0767 e. The van der Waals surface area contributed by atoms with Crippen molar-refractivity contribution in [2.75, 3.05) is 0 Å². The second kappa shape index (κ2) is 3.97. The van der Waals surface area contributed by atoms with Gasteiger partial charge in [-0.1, -0.05) is 81.9 Å². The van der Waals surface area contributed by atoms with Crippen molar-refractivity contribution in [3.8, 4) is 0 Å². The van der Waals surface area contributed by atoms with E-state index in [4.69, 9.17) is 0 Å². The summed E-state index contributed by atoms with van der Waals surface area (Å²) in [7, 11) is 0. The van der Waals surface area contributed by atoms with E-state index in [0.717, 1.165) is 6.42 Å². The Kier molecular flexibility index (Phi) is 3.03. The van der Waals surface area contributed by atoms with Gasteiger partial charge in [0, 0.05) is 13.8 Å². The molecule has 0 aromatic heterocycles. The minimum absolute atomic E-state index is 0.211. The van der Waals surface area contributed by atoms with Crippen LogP contribution in [0.2, 0.25) is 0 Å². The second-order valence-corrected chi connectivity index (χ2v) is 5.83. The maximum atomic E-state index is 3.64. The van der Waals surface area contributed by atoms with Crippen molar-refractivity contribution in [1.82, 2.24) is 0 Å². The standard InChI is InChI=1S/C12H12BrI/c1-2-12-8-4-3-5-9(12)10(13)6-7-11(12)14/h3-8,11H,2H2,1H3. The van der Waals surface area contributed by atoms with Crippen molar-refractivity contribution in [3.63, 3.8) is 0 Å². The lowest BCUT2D eigenvalue weighted by Crippen LogP contribution is -2.32. The van der Waals surface area contributed by atoms with Gasteiger partial charge in [0.2, 0.25) is 0 Å². The van der Waals surface area contributed by atoms with E-state index in [9.17, 15) is 0 Å². The summed E-state index contributed by atoms with van der Waals surface area (Å²) in [4.78, 5) is 0. The molecule has 0 aromatic rings. The molecule has 2 rings (SSSR count). The number of alkyl halides is 1. The van der Waals surface area contributed by atoms with Crippen LogP contribution in [0.3, 0.4) is 0 Å². The summed E-state index contributed by atoms with van der Waals surface area (Å²) < 4.78 is 1.79. The Hall–Kier alpha value is 0.170. The van der Waals surface area contributed by atoms with Gasteiger partial charge in [0.25, 0.3) is 0 Å². The molecule has 74 valence electrons. The van der Waals surface area contributed by atoms with Crippen LogP contribution in [0, 0.1) is 5.41 Å². The normalized spacial score (nSPS) is 34.9. The van der Waals surface area contributed by atoms with Crippen LogP contribution < -0.4 is 0 Å². The number of hydrogen-bond donors (Lipinski definition) is 0. The smallest absolute Gasteiger partial charge is 0.0424 e. The number of halogens is 2. The average Bonchev–Trinajstić information content (AvgIpc) is 2.24. The zero-order chi connectivity index (χ0) is 10.2. The van der Waals surface area contributed by atoms with Gasteiger partial charge in [-0.15, -0.1) is 0 Å². The molecule has 2 aliphatic rings. The van der Waals surface area contributed by atoms with Gasteiger partial charge in [0.05, 0.1) is 0 Å². The molecule has 0 aliphatic heterocycles. The van der Waals surface area contributed by atoms with E-state index in [-0.39, 0.29) is 5.41 Å². The van der Waals surface area contributed by atoms with E-state index in [0.29, 0.717) is 3.92 Å². The van der Waals surface area contributed by atoms with E-state index < -0.39 is 0 Å². The Bertz CT molecular complexity index is 363. The summed E-state index contributed by atoms with van der Waals surface area (Å²) in [6, 6.07) is 0. The van der Waals surface area contributed by atoms with Gasteiger partial charge >= 0.3 is 0 Å². The molecule has 14 heavy (non-hydrogen) atoms. The monoisotopic (exact) mass is 362 g/mol. The number of fused-ring (bicyclic) bond motifs is 1. The number of rotatable bonds is 1. The zero-order valence-corrected chi connectivity index (χ0v) is 11.7. The summed E-state index contributed by atoms with van der Waals surface area (Å²) in [6.07, 6.45) is 14.4. The molecule has 2 heteroatoms. The van der Waals surface area contributed by atoms with E-state index >= 15 is 0 Å². The SMILES string of the molecule is CCC12C=CC=CC1=C(Br)C=CC2I. The maximum Gasteiger partial charge on any atom is 0.0424 e. The highest BCUT2D eigenvalue weighted by Gasteiger charge is 2.38. The van der Waals surface area contributed by atoms with Gasteiger partial charge in [-0.3, -0.25) is 0 Å². The fourth-order valence-corrected chi connectivity index (χ4v) is 3.95. The zero-order valence-electron chi connectivity index (χ0n) is 8.00. The summed E-state index contributed by atoms with van der Waals surface area (Å²) in [5.74, 6) is 0. The van der Waals surface area contributed by atoms with Crippen molar-refractivity contribution >= 4 is 38.5 Å². The first kappa shape index (κ1) is 10.7. The topological polar surface area (TPSA) is 0 Å². The van der Waals surface area contributed by atoms with Gasteiger partial charge in [0.1, 0.15) is 0 Å². The van der Waals surface area contributed by atoms with Crippen LogP contribution in [0.4, 0.5) is 0 Å². The molecule has 0 saturated carbocycles. The Morgan fingerprint density at radius 3 is 2.86 bits per heavy atom. The van der Waals surface area contributed by atoms with Crippen molar-refractivity contribution in [2.24, 2.45) is 5.41 Å². The van der Waals surface area contributed by atoms with Crippen molar-refractivity contribution in [2.45, 2.75) is 17.3 Å². The number of allylic oxidation sites excluding steroid dienone is 8. The molecule has 0 N–H and O–H groups in total. The van der Waals surface area contributed by atoms with Crippen molar-refractivity contribution < 1.29 is 0 Å². The molecule has 0 nitrogen and oxygen atoms in total. The molecule has 2 atom stereocenters. The maximum absolute atomic E-state index is 3.64. The van der Waals surface area contributed by atoms with Crippen LogP contribution in [-0.2, 0) is 0 Å². The molecule has 0 saturated heterocycles. The molecular weight excluding hydrogens is 351 g/mol. The van der Waals surface area contributed by atoms with Gasteiger partial charge in [-0.2, -0.15) is 0 Å². The predicted molar refractivity (Wildman–Crippen MR) is 73.9 cm³/mol. The van der Waals surface area contributed by atoms with Crippen LogP contribution in [0.5, 0.6) is 0 Å². The average molecular weight is 363 g/mol. The first-order valence-electron chi connectivity index (χ1n) is 4.79.